The van der Waals surface area contributed by atoms with Crippen LogP contribution < -0.4 is 10.6 Å². The van der Waals surface area contributed by atoms with E-state index < -0.39 is 27.3 Å². The Hall–Kier alpha value is -1.31. The molecule has 1 fully saturated rings. The molecule has 0 bridgehead atoms. The Morgan fingerprint density at radius 2 is 1.79 bits per heavy atom. The van der Waals surface area contributed by atoms with Crippen LogP contribution in [0.4, 0.5) is 4.79 Å². The molecule has 0 aromatic heterocycles. The zero-order valence-corrected chi connectivity index (χ0v) is 11.8. The third kappa shape index (κ3) is 5.06. The molecule has 110 valence electrons. The topological polar surface area (TPSA) is 113 Å². The van der Waals surface area contributed by atoms with E-state index in [9.17, 15) is 23.1 Å². The Bertz CT molecular complexity index is 440. The molecule has 0 heterocycles. The van der Waals surface area contributed by atoms with E-state index in [0.29, 0.717) is 12.8 Å². The van der Waals surface area contributed by atoms with E-state index in [1.54, 1.807) is 0 Å². The van der Waals surface area contributed by atoms with Gasteiger partial charge >= 0.3 is 12.0 Å². The molecule has 0 spiro atoms. The standard InChI is InChI=1S/C11H20N2O5S/c1-19(17,18)7-6-12-10(16)13-8-11(9(14)15)4-2-3-5-11/h2-8H2,1H3,(H,14,15)(H2,12,13,16). The molecule has 3 N–H and O–H groups in total. The van der Waals surface area contributed by atoms with Crippen molar-refractivity contribution in [1.82, 2.24) is 10.6 Å². The molecule has 0 unspecified atom stereocenters. The van der Waals surface area contributed by atoms with Crippen LogP contribution in [0.2, 0.25) is 0 Å². The molecule has 0 aliphatic heterocycles. The van der Waals surface area contributed by atoms with Gasteiger partial charge in [0.1, 0.15) is 9.84 Å². The minimum atomic E-state index is -3.11. The number of hydrogen-bond acceptors (Lipinski definition) is 4. The summed E-state index contributed by atoms with van der Waals surface area (Å²) in [6.07, 6.45) is 3.91. The molecule has 8 heteroatoms. The first kappa shape index (κ1) is 15.7. The molecule has 1 aliphatic rings. The van der Waals surface area contributed by atoms with E-state index in [0.717, 1.165) is 19.1 Å². The number of carboxylic acid groups (broad SMARTS) is 1. The lowest BCUT2D eigenvalue weighted by Crippen LogP contribution is -2.45. The van der Waals surface area contributed by atoms with Crippen LogP contribution in [0.15, 0.2) is 0 Å². The first-order chi connectivity index (χ1) is 8.75. The number of carbonyl (C=O) groups is 2. The van der Waals surface area contributed by atoms with Crippen LogP contribution >= 0.6 is 0 Å². The van der Waals surface area contributed by atoms with Gasteiger partial charge in [-0.1, -0.05) is 12.8 Å². The van der Waals surface area contributed by atoms with Crippen molar-refractivity contribution in [2.45, 2.75) is 25.7 Å². The van der Waals surface area contributed by atoms with Crippen molar-refractivity contribution >= 4 is 21.8 Å². The van der Waals surface area contributed by atoms with Crippen LogP contribution in [0, 0.1) is 5.41 Å². The van der Waals surface area contributed by atoms with Crippen LogP contribution in [0.5, 0.6) is 0 Å². The molecule has 1 aliphatic carbocycles. The Kier molecular flexibility index (Phi) is 5.16. The van der Waals surface area contributed by atoms with Crippen LogP contribution in [-0.2, 0) is 14.6 Å². The molecule has 0 aromatic carbocycles. The fourth-order valence-corrected chi connectivity index (χ4v) is 2.65. The summed E-state index contributed by atoms with van der Waals surface area (Å²) in [4.78, 5) is 22.7. The maximum absolute atomic E-state index is 11.4. The van der Waals surface area contributed by atoms with Gasteiger partial charge < -0.3 is 15.7 Å². The molecular formula is C11H20N2O5S. The summed E-state index contributed by atoms with van der Waals surface area (Å²) in [6, 6.07) is -0.531. The Balaban J connectivity index is 2.35. The quantitative estimate of drug-likeness (QED) is 0.636. The van der Waals surface area contributed by atoms with Gasteiger partial charge in [0.15, 0.2) is 0 Å². The molecule has 0 aromatic rings. The molecule has 19 heavy (non-hydrogen) atoms. The molecule has 0 atom stereocenters. The van der Waals surface area contributed by atoms with Crippen molar-refractivity contribution in [3.05, 3.63) is 0 Å². The number of nitrogens with one attached hydrogen (secondary N) is 2. The molecular weight excluding hydrogens is 272 g/mol. The summed E-state index contributed by atoms with van der Waals surface area (Å²) >= 11 is 0. The molecule has 7 nitrogen and oxygen atoms in total. The summed E-state index contributed by atoms with van der Waals surface area (Å²) in [5.74, 6) is -1.02. The first-order valence-electron chi connectivity index (χ1n) is 6.18. The van der Waals surface area contributed by atoms with Crippen molar-refractivity contribution in [3.63, 3.8) is 0 Å². The van der Waals surface area contributed by atoms with Crippen LogP contribution in [0.1, 0.15) is 25.7 Å². The first-order valence-corrected chi connectivity index (χ1v) is 8.24. The number of hydrogen-bond donors (Lipinski definition) is 3. The molecule has 1 rings (SSSR count). The van der Waals surface area contributed by atoms with Gasteiger partial charge in [0.25, 0.3) is 0 Å². The SMILES string of the molecule is CS(=O)(=O)CCNC(=O)NCC1(C(=O)O)CCCC1. The highest BCUT2D eigenvalue weighted by molar-refractivity contribution is 7.90. The number of rotatable bonds is 6. The lowest BCUT2D eigenvalue weighted by molar-refractivity contribution is -0.148. The number of carboxylic acids is 1. The second kappa shape index (κ2) is 6.23. The summed E-state index contributed by atoms with van der Waals surface area (Å²) < 4.78 is 21.7. The van der Waals surface area contributed by atoms with Crippen molar-refractivity contribution in [2.75, 3.05) is 25.1 Å². The number of urea groups is 1. The minimum Gasteiger partial charge on any atom is -0.481 e. The van der Waals surface area contributed by atoms with Gasteiger partial charge in [0.05, 0.1) is 11.2 Å². The Morgan fingerprint density at radius 1 is 1.21 bits per heavy atom. The van der Waals surface area contributed by atoms with E-state index in [1.165, 1.54) is 0 Å². The van der Waals surface area contributed by atoms with E-state index >= 15 is 0 Å². The average Bonchev–Trinajstić information content (AvgIpc) is 2.74. The third-order valence-corrected chi connectivity index (χ3v) is 4.31. The largest absolute Gasteiger partial charge is 0.481 e. The minimum absolute atomic E-state index is 0.0186. The predicted octanol–water partition coefficient (Wildman–Crippen LogP) is -0.0248. The second-order valence-electron chi connectivity index (χ2n) is 5.03. The monoisotopic (exact) mass is 292 g/mol. The normalized spacial score (nSPS) is 17.9. The van der Waals surface area contributed by atoms with Gasteiger partial charge in [-0.15, -0.1) is 0 Å². The molecule has 0 radical (unpaired) electrons. The summed E-state index contributed by atoms with van der Waals surface area (Å²) in [5, 5.41) is 14.1. The summed E-state index contributed by atoms with van der Waals surface area (Å²) in [5.41, 5.74) is -0.867. The summed E-state index contributed by atoms with van der Waals surface area (Å²) in [6.45, 7) is 0.0950. The predicted molar refractivity (Wildman–Crippen MR) is 69.6 cm³/mol. The maximum Gasteiger partial charge on any atom is 0.314 e. The number of aliphatic carboxylic acids is 1. The van der Waals surface area contributed by atoms with Gasteiger partial charge in [0, 0.05) is 19.3 Å². The van der Waals surface area contributed by atoms with E-state index in [-0.39, 0.29) is 18.8 Å². The van der Waals surface area contributed by atoms with Crippen LogP contribution in [0.25, 0.3) is 0 Å². The number of carbonyl (C=O) groups excluding carboxylic acids is 1. The highest BCUT2D eigenvalue weighted by Crippen LogP contribution is 2.37. The van der Waals surface area contributed by atoms with Crippen LogP contribution in [0.3, 0.4) is 0 Å². The van der Waals surface area contributed by atoms with Crippen molar-refractivity contribution in [1.29, 1.82) is 0 Å². The number of amides is 2. The Labute approximate surface area is 112 Å². The summed E-state index contributed by atoms with van der Waals surface area (Å²) in [7, 11) is -3.11. The lowest BCUT2D eigenvalue weighted by Gasteiger charge is -2.23. The lowest BCUT2D eigenvalue weighted by atomic mass is 9.86. The van der Waals surface area contributed by atoms with Crippen molar-refractivity contribution in [2.24, 2.45) is 5.41 Å². The highest BCUT2D eigenvalue weighted by atomic mass is 32.2. The zero-order valence-electron chi connectivity index (χ0n) is 10.9. The fourth-order valence-electron chi connectivity index (χ4n) is 2.18. The fraction of sp³-hybridized carbons (Fsp3) is 0.818. The van der Waals surface area contributed by atoms with E-state index in [1.807, 2.05) is 0 Å². The van der Waals surface area contributed by atoms with Crippen LogP contribution in [-0.4, -0.2) is 50.6 Å². The molecule has 1 saturated carbocycles. The second-order valence-corrected chi connectivity index (χ2v) is 7.29. The molecule has 0 saturated heterocycles. The molecule has 2 amide bonds. The third-order valence-electron chi connectivity index (χ3n) is 3.36. The van der Waals surface area contributed by atoms with Gasteiger partial charge in [-0.25, -0.2) is 13.2 Å². The van der Waals surface area contributed by atoms with E-state index in [2.05, 4.69) is 10.6 Å². The average molecular weight is 292 g/mol. The van der Waals surface area contributed by atoms with Gasteiger partial charge in [-0.3, -0.25) is 4.79 Å². The maximum atomic E-state index is 11.4. The van der Waals surface area contributed by atoms with Gasteiger partial charge in [-0.05, 0) is 12.8 Å². The Morgan fingerprint density at radius 3 is 2.26 bits per heavy atom. The van der Waals surface area contributed by atoms with E-state index in [4.69, 9.17) is 0 Å². The number of sulfone groups is 1. The van der Waals surface area contributed by atoms with Gasteiger partial charge in [-0.2, -0.15) is 0 Å². The van der Waals surface area contributed by atoms with Crippen molar-refractivity contribution < 1.29 is 23.1 Å². The highest BCUT2D eigenvalue weighted by Gasteiger charge is 2.41. The van der Waals surface area contributed by atoms with Crippen molar-refractivity contribution in [3.8, 4) is 0 Å². The zero-order chi connectivity index (χ0) is 14.5. The van der Waals surface area contributed by atoms with Gasteiger partial charge in [0.2, 0.25) is 0 Å². The smallest absolute Gasteiger partial charge is 0.314 e.